The molecule has 0 spiro atoms. The Morgan fingerprint density at radius 2 is 1.68 bits per heavy atom. The first-order valence-electron chi connectivity index (χ1n) is 10.6. The Bertz CT molecular complexity index is 936. The third kappa shape index (κ3) is 4.43. The highest BCUT2D eigenvalue weighted by molar-refractivity contribution is 6.32. The van der Waals surface area contributed by atoms with Gasteiger partial charge in [-0.15, -0.1) is 0 Å². The summed E-state index contributed by atoms with van der Waals surface area (Å²) in [5.41, 5.74) is 1.50. The molecule has 7 heteroatoms. The number of hydrogen-bond acceptors (Lipinski definition) is 6. The van der Waals surface area contributed by atoms with E-state index in [4.69, 9.17) is 25.8 Å². The fraction of sp³-hybridized carbons (Fsp3) is 0.500. The van der Waals surface area contributed by atoms with Gasteiger partial charge in [-0.3, -0.25) is 4.90 Å². The summed E-state index contributed by atoms with van der Waals surface area (Å²) in [4.78, 5) is 4.88. The van der Waals surface area contributed by atoms with Crippen LogP contribution in [0.4, 0.5) is 5.69 Å². The van der Waals surface area contributed by atoms with E-state index < -0.39 is 5.60 Å². The predicted molar refractivity (Wildman–Crippen MR) is 123 cm³/mol. The van der Waals surface area contributed by atoms with Gasteiger partial charge in [0.05, 0.1) is 32.0 Å². The molecule has 2 saturated heterocycles. The van der Waals surface area contributed by atoms with Crippen molar-refractivity contribution in [2.45, 2.75) is 37.5 Å². The van der Waals surface area contributed by atoms with Crippen molar-refractivity contribution in [3.05, 3.63) is 47.0 Å². The summed E-state index contributed by atoms with van der Waals surface area (Å²) in [6.07, 6.45) is 1.42. The van der Waals surface area contributed by atoms with Gasteiger partial charge in [-0.05, 0) is 49.6 Å². The highest BCUT2D eigenvalue weighted by Gasteiger charge is 2.44. The van der Waals surface area contributed by atoms with E-state index >= 15 is 0 Å². The van der Waals surface area contributed by atoms with E-state index in [0.717, 1.165) is 37.3 Å². The Kier molecular flexibility index (Phi) is 6.24. The summed E-state index contributed by atoms with van der Waals surface area (Å²) in [5.74, 6) is 2.11. The third-order valence-corrected chi connectivity index (χ3v) is 6.84. The second-order valence-corrected chi connectivity index (χ2v) is 9.10. The van der Waals surface area contributed by atoms with E-state index in [1.165, 1.54) is 0 Å². The van der Waals surface area contributed by atoms with Gasteiger partial charge in [0.25, 0.3) is 0 Å². The molecule has 0 saturated carbocycles. The molecule has 31 heavy (non-hydrogen) atoms. The van der Waals surface area contributed by atoms with Gasteiger partial charge in [0.15, 0.2) is 11.5 Å². The molecule has 4 rings (SSSR count). The predicted octanol–water partition coefficient (Wildman–Crippen LogP) is 4.14. The highest BCUT2D eigenvalue weighted by atomic mass is 35.5. The van der Waals surface area contributed by atoms with Crippen molar-refractivity contribution in [2.75, 3.05) is 45.9 Å². The standard InChI is InChI=1S/C24H31ClN2O4/c1-24(28)13-18-15-26(17-6-7-19(25)22(12-17)30-3)9-10-27(18)20(14-24)16-5-8-21(29-2)23(11-16)31-4/h5-8,11-12,18,20,28H,9-10,13-15H2,1-4H3/t18-,20+,24+/m0/s1. The fourth-order valence-corrected chi connectivity index (χ4v) is 5.23. The Balaban J connectivity index is 1.60. The first-order chi connectivity index (χ1) is 14.8. The van der Waals surface area contributed by atoms with E-state index in [1.54, 1.807) is 21.3 Å². The number of anilines is 1. The largest absolute Gasteiger partial charge is 0.495 e. The second kappa shape index (κ2) is 8.77. The lowest BCUT2D eigenvalue weighted by Gasteiger charge is -2.53. The van der Waals surface area contributed by atoms with Crippen molar-refractivity contribution in [3.8, 4) is 17.2 Å². The summed E-state index contributed by atoms with van der Waals surface area (Å²) in [6, 6.07) is 12.3. The number of piperazine rings is 1. The molecule has 0 unspecified atom stereocenters. The first-order valence-corrected chi connectivity index (χ1v) is 11.0. The number of hydrogen-bond donors (Lipinski definition) is 1. The summed E-state index contributed by atoms with van der Waals surface area (Å²) in [6.45, 7) is 4.59. The van der Waals surface area contributed by atoms with E-state index in [1.807, 2.05) is 37.3 Å². The Labute approximate surface area is 189 Å². The maximum Gasteiger partial charge on any atom is 0.161 e. The monoisotopic (exact) mass is 446 g/mol. The van der Waals surface area contributed by atoms with Crippen LogP contribution in [-0.2, 0) is 0 Å². The molecule has 2 aliphatic heterocycles. The quantitative estimate of drug-likeness (QED) is 0.744. The average Bonchev–Trinajstić information content (AvgIpc) is 2.77. The molecule has 6 nitrogen and oxygen atoms in total. The Morgan fingerprint density at radius 3 is 2.39 bits per heavy atom. The minimum absolute atomic E-state index is 0.121. The molecule has 0 bridgehead atoms. The van der Waals surface area contributed by atoms with Crippen LogP contribution in [0.1, 0.15) is 31.4 Å². The van der Waals surface area contributed by atoms with Crippen LogP contribution in [0.2, 0.25) is 5.02 Å². The minimum Gasteiger partial charge on any atom is -0.495 e. The summed E-state index contributed by atoms with van der Waals surface area (Å²) in [5, 5.41) is 11.7. The van der Waals surface area contributed by atoms with Crippen LogP contribution in [-0.4, -0.2) is 62.6 Å². The van der Waals surface area contributed by atoms with Gasteiger partial charge in [0.2, 0.25) is 0 Å². The molecule has 0 aliphatic carbocycles. The van der Waals surface area contributed by atoms with E-state index in [-0.39, 0.29) is 12.1 Å². The fourth-order valence-electron chi connectivity index (χ4n) is 5.04. The maximum atomic E-state index is 11.1. The zero-order valence-electron chi connectivity index (χ0n) is 18.6. The number of aliphatic hydroxyl groups is 1. The van der Waals surface area contributed by atoms with Gasteiger partial charge in [0.1, 0.15) is 5.75 Å². The Morgan fingerprint density at radius 1 is 0.935 bits per heavy atom. The van der Waals surface area contributed by atoms with Crippen molar-refractivity contribution >= 4 is 17.3 Å². The molecule has 168 valence electrons. The molecule has 2 aliphatic rings. The SMILES string of the molecule is COc1cc(N2CCN3[C@H](C2)C[C@@](C)(O)C[C@@H]3c2ccc(OC)c(OC)c2)ccc1Cl. The summed E-state index contributed by atoms with van der Waals surface area (Å²) in [7, 11) is 4.93. The number of halogens is 1. The molecule has 1 N–H and O–H groups in total. The second-order valence-electron chi connectivity index (χ2n) is 8.69. The molecule has 2 aromatic carbocycles. The normalized spacial score (nSPS) is 26.3. The van der Waals surface area contributed by atoms with E-state index in [2.05, 4.69) is 15.9 Å². The van der Waals surface area contributed by atoms with Crippen LogP contribution in [0.3, 0.4) is 0 Å². The van der Waals surface area contributed by atoms with Crippen molar-refractivity contribution < 1.29 is 19.3 Å². The summed E-state index contributed by atoms with van der Waals surface area (Å²) < 4.78 is 16.3. The highest BCUT2D eigenvalue weighted by Crippen LogP contribution is 2.43. The average molecular weight is 447 g/mol. The number of ether oxygens (including phenoxy) is 3. The lowest BCUT2D eigenvalue weighted by molar-refractivity contribution is -0.0673. The maximum absolute atomic E-state index is 11.1. The number of nitrogens with zero attached hydrogens (tertiary/aromatic N) is 2. The number of fused-ring (bicyclic) bond motifs is 1. The zero-order valence-corrected chi connectivity index (χ0v) is 19.4. The molecule has 2 heterocycles. The molecule has 2 aromatic rings. The lowest BCUT2D eigenvalue weighted by atomic mass is 9.79. The molecule has 2 fully saturated rings. The number of benzene rings is 2. The topological polar surface area (TPSA) is 54.4 Å². The van der Waals surface area contributed by atoms with Crippen LogP contribution in [0.5, 0.6) is 17.2 Å². The molecule has 3 atom stereocenters. The summed E-state index contributed by atoms with van der Waals surface area (Å²) >= 11 is 6.21. The van der Waals surface area contributed by atoms with Crippen LogP contribution in [0.15, 0.2) is 36.4 Å². The molecular formula is C24H31ClN2O4. The van der Waals surface area contributed by atoms with Crippen molar-refractivity contribution in [1.29, 1.82) is 0 Å². The molecule has 0 amide bonds. The lowest BCUT2D eigenvalue weighted by Crippen LogP contribution is -2.60. The van der Waals surface area contributed by atoms with Gasteiger partial charge >= 0.3 is 0 Å². The zero-order chi connectivity index (χ0) is 22.2. The first kappa shape index (κ1) is 22.1. The van der Waals surface area contributed by atoms with Crippen LogP contribution in [0.25, 0.3) is 0 Å². The van der Waals surface area contributed by atoms with E-state index in [9.17, 15) is 5.11 Å². The van der Waals surface area contributed by atoms with Crippen molar-refractivity contribution in [3.63, 3.8) is 0 Å². The van der Waals surface area contributed by atoms with Crippen LogP contribution in [0, 0.1) is 0 Å². The minimum atomic E-state index is -0.736. The molecular weight excluding hydrogens is 416 g/mol. The van der Waals surface area contributed by atoms with Crippen molar-refractivity contribution in [1.82, 2.24) is 4.90 Å². The third-order valence-electron chi connectivity index (χ3n) is 6.53. The van der Waals surface area contributed by atoms with Gasteiger partial charge in [-0.2, -0.15) is 0 Å². The van der Waals surface area contributed by atoms with Crippen LogP contribution >= 0.6 is 11.6 Å². The van der Waals surface area contributed by atoms with Gasteiger partial charge in [0, 0.05) is 43.5 Å². The van der Waals surface area contributed by atoms with Gasteiger partial charge < -0.3 is 24.2 Å². The number of methoxy groups -OCH3 is 3. The Hall–Kier alpha value is -2.15. The van der Waals surface area contributed by atoms with Crippen molar-refractivity contribution in [2.24, 2.45) is 0 Å². The molecule has 0 radical (unpaired) electrons. The van der Waals surface area contributed by atoms with Gasteiger partial charge in [-0.25, -0.2) is 0 Å². The van der Waals surface area contributed by atoms with Gasteiger partial charge in [-0.1, -0.05) is 17.7 Å². The number of piperidine rings is 1. The van der Waals surface area contributed by atoms with E-state index in [0.29, 0.717) is 28.7 Å². The smallest absolute Gasteiger partial charge is 0.161 e. The van der Waals surface area contributed by atoms with Crippen LogP contribution < -0.4 is 19.1 Å². The molecule has 0 aromatic heterocycles. The number of rotatable bonds is 5.